The SMILES string of the molecule is O=c1c2[nH]cnc2ncn1CCOCCP(=O)(O)O. The fourth-order valence-corrected chi connectivity index (χ4v) is 1.84. The summed E-state index contributed by atoms with van der Waals surface area (Å²) in [5.74, 6) is 0. The van der Waals surface area contributed by atoms with Crippen LogP contribution in [0.3, 0.4) is 0 Å². The van der Waals surface area contributed by atoms with Crippen LogP contribution in [-0.4, -0.2) is 48.7 Å². The largest absolute Gasteiger partial charge is 0.379 e. The first-order valence-corrected chi connectivity index (χ1v) is 7.28. The lowest BCUT2D eigenvalue weighted by molar-refractivity contribution is 0.136. The second-order valence-electron chi connectivity index (χ2n) is 3.84. The third-order valence-corrected chi connectivity index (χ3v) is 3.18. The van der Waals surface area contributed by atoms with Crippen LogP contribution in [0.25, 0.3) is 11.2 Å². The summed E-state index contributed by atoms with van der Waals surface area (Å²) in [6, 6.07) is 0. The normalized spacial score (nSPS) is 12.1. The fraction of sp³-hybridized carbons (Fsp3) is 0.444. The summed E-state index contributed by atoms with van der Waals surface area (Å²) in [6.07, 6.45) is 2.41. The van der Waals surface area contributed by atoms with Gasteiger partial charge in [-0.2, -0.15) is 0 Å². The lowest BCUT2D eigenvalue weighted by atomic mass is 10.5. The number of hydrogen-bond donors (Lipinski definition) is 3. The molecule has 0 bridgehead atoms. The van der Waals surface area contributed by atoms with E-state index in [0.717, 1.165) is 0 Å². The van der Waals surface area contributed by atoms with Crippen molar-refractivity contribution < 1.29 is 19.1 Å². The van der Waals surface area contributed by atoms with Crippen molar-refractivity contribution in [2.24, 2.45) is 0 Å². The number of ether oxygens (including phenoxy) is 1. The van der Waals surface area contributed by atoms with E-state index in [0.29, 0.717) is 11.2 Å². The van der Waals surface area contributed by atoms with Crippen molar-refractivity contribution in [3.05, 3.63) is 23.0 Å². The first-order chi connectivity index (χ1) is 8.97. The Balaban J connectivity index is 1.90. The summed E-state index contributed by atoms with van der Waals surface area (Å²) in [5.41, 5.74) is 0.405. The number of rotatable bonds is 6. The number of nitrogens with zero attached hydrogens (tertiary/aromatic N) is 3. The highest BCUT2D eigenvalue weighted by atomic mass is 31.2. The maximum absolute atomic E-state index is 11.9. The number of fused-ring (bicyclic) bond motifs is 1. The van der Waals surface area contributed by atoms with Crippen LogP contribution in [0.15, 0.2) is 17.4 Å². The average Bonchev–Trinajstić information content (AvgIpc) is 2.79. The van der Waals surface area contributed by atoms with Gasteiger partial charge in [-0.3, -0.25) is 13.9 Å². The van der Waals surface area contributed by atoms with Crippen LogP contribution in [-0.2, 0) is 15.8 Å². The van der Waals surface area contributed by atoms with Gasteiger partial charge < -0.3 is 19.5 Å². The van der Waals surface area contributed by atoms with Crippen LogP contribution in [0.1, 0.15) is 0 Å². The quantitative estimate of drug-likeness (QED) is 0.474. The van der Waals surface area contributed by atoms with E-state index in [-0.39, 0.29) is 31.5 Å². The molecule has 19 heavy (non-hydrogen) atoms. The molecule has 0 saturated carbocycles. The summed E-state index contributed by atoms with van der Waals surface area (Å²) in [7, 11) is -4.03. The number of H-pyrrole nitrogens is 1. The molecule has 3 N–H and O–H groups in total. The van der Waals surface area contributed by atoms with Gasteiger partial charge in [0.2, 0.25) is 0 Å². The molecule has 0 fully saturated rings. The second-order valence-corrected chi connectivity index (χ2v) is 5.62. The summed E-state index contributed by atoms with van der Waals surface area (Å²) in [4.78, 5) is 39.7. The maximum atomic E-state index is 11.9. The number of imidazole rings is 1. The van der Waals surface area contributed by atoms with Crippen molar-refractivity contribution in [1.82, 2.24) is 19.5 Å². The molecule has 2 heterocycles. The van der Waals surface area contributed by atoms with Crippen molar-refractivity contribution in [2.75, 3.05) is 19.4 Å². The monoisotopic (exact) mass is 288 g/mol. The van der Waals surface area contributed by atoms with Crippen molar-refractivity contribution in [3.8, 4) is 0 Å². The Bertz CT molecular complexity index is 660. The summed E-state index contributed by atoms with van der Waals surface area (Å²) < 4.78 is 17.0. The molecule has 0 spiro atoms. The van der Waals surface area contributed by atoms with Gasteiger partial charge in [-0.15, -0.1) is 0 Å². The topological polar surface area (TPSA) is 130 Å². The van der Waals surface area contributed by atoms with Gasteiger partial charge in [0.15, 0.2) is 11.2 Å². The molecule has 2 aromatic rings. The second kappa shape index (κ2) is 5.62. The van der Waals surface area contributed by atoms with E-state index in [1.54, 1.807) is 0 Å². The molecule has 0 aromatic carbocycles. The molecule has 2 aromatic heterocycles. The predicted octanol–water partition coefficient (Wildman–Crippen LogP) is -0.686. The first-order valence-electron chi connectivity index (χ1n) is 5.48. The summed E-state index contributed by atoms with van der Waals surface area (Å²) in [5, 5.41) is 0. The zero-order valence-electron chi connectivity index (χ0n) is 9.89. The Morgan fingerprint density at radius 1 is 1.37 bits per heavy atom. The molecule has 2 rings (SSSR count). The summed E-state index contributed by atoms with van der Waals surface area (Å²) in [6.45, 7) is 0.363. The number of nitrogens with one attached hydrogen (secondary N) is 1. The van der Waals surface area contributed by atoms with Crippen molar-refractivity contribution in [1.29, 1.82) is 0 Å². The highest BCUT2D eigenvalue weighted by Gasteiger charge is 2.11. The molecule has 9 nitrogen and oxygen atoms in total. The third-order valence-electron chi connectivity index (χ3n) is 2.42. The third kappa shape index (κ3) is 3.71. The van der Waals surface area contributed by atoms with Crippen molar-refractivity contribution >= 4 is 18.8 Å². The van der Waals surface area contributed by atoms with Crippen LogP contribution in [0.2, 0.25) is 0 Å². The molecule has 0 unspecified atom stereocenters. The molecular weight excluding hydrogens is 275 g/mol. The lowest BCUT2D eigenvalue weighted by Gasteiger charge is -2.07. The van der Waals surface area contributed by atoms with E-state index in [1.807, 2.05) is 0 Å². The molecular formula is C9H13N4O5P. The molecule has 0 aliphatic rings. The number of aromatic amines is 1. The Hall–Kier alpha value is -1.54. The Kier molecular flexibility index (Phi) is 4.11. The van der Waals surface area contributed by atoms with E-state index in [4.69, 9.17) is 14.5 Å². The lowest BCUT2D eigenvalue weighted by Crippen LogP contribution is -2.23. The van der Waals surface area contributed by atoms with Gasteiger partial charge >= 0.3 is 7.60 Å². The Morgan fingerprint density at radius 3 is 2.89 bits per heavy atom. The minimum absolute atomic E-state index is 0.0568. The molecule has 0 atom stereocenters. The fourth-order valence-electron chi connectivity index (χ4n) is 1.47. The number of hydrogen-bond acceptors (Lipinski definition) is 5. The van der Waals surface area contributed by atoms with Crippen LogP contribution in [0.4, 0.5) is 0 Å². The van der Waals surface area contributed by atoms with E-state index < -0.39 is 7.60 Å². The predicted molar refractivity (Wildman–Crippen MR) is 65.9 cm³/mol. The molecule has 10 heteroatoms. The average molecular weight is 288 g/mol. The molecule has 0 radical (unpaired) electrons. The number of aromatic nitrogens is 4. The van der Waals surface area contributed by atoms with Gasteiger partial charge in [0.1, 0.15) is 6.33 Å². The van der Waals surface area contributed by atoms with Gasteiger partial charge in [-0.25, -0.2) is 9.97 Å². The molecule has 0 amide bonds. The van der Waals surface area contributed by atoms with E-state index in [1.165, 1.54) is 17.2 Å². The van der Waals surface area contributed by atoms with Crippen LogP contribution >= 0.6 is 7.60 Å². The minimum atomic E-state index is -4.03. The highest BCUT2D eigenvalue weighted by Crippen LogP contribution is 2.33. The van der Waals surface area contributed by atoms with Gasteiger partial charge in [0, 0.05) is 0 Å². The van der Waals surface area contributed by atoms with Crippen LogP contribution in [0.5, 0.6) is 0 Å². The van der Waals surface area contributed by atoms with Gasteiger partial charge in [0.05, 0.1) is 32.2 Å². The van der Waals surface area contributed by atoms with Gasteiger partial charge in [-0.1, -0.05) is 0 Å². The van der Waals surface area contributed by atoms with Crippen LogP contribution in [0, 0.1) is 0 Å². The Morgan fingerprint density at radius 2 is 2.16 bits per heavy atom. The standard InChI is InChI=1S/C9H13N4O5P/c14-9-7-8(11-5-10-7)12-6-13(9)1-2-18-3-4-19(15,16)17/h5-6H,1-4H2,(H,10,11)(H2,15,16,17). The molecule has 0 aliphatic carbocycles. The molecule has 0 aliphatic heterocycles. The first kappa shape index (κ1) is 13.9. The smallest absolute Gasteiger partial charge is 0.327 e. The van der Waals surface area contributed by atoms with E-state index in [2.05, 4.69) is 15.0 Å². The highest BCUT2D eigenvalue weighted by molar-refractivity contribution is 7.51. The van der Waals surface area contributed by atoms with E-state index in [9.17, 15) is 9.36 Å². The molecule has 104 valence electrons. The van der Waals surface area contributed by atoms with Gasteiger partial charge in [-0.05, 0) is 0 Å². The minimum Gasteiger partial charge on any atom is -0.379 e. The Labute approximate surface area is 107 Å². The molecule has 0 saturated heterocycles. The van der Waals surface area contributed by atoms with Crippen molar-refractivity contribution in [2.45, 2.75) is 6.54 Å². The zero-order valence-corrected chi connectivity index (χ0v) is 10.8. The summed E-state index contributed by atoms with van der Waals surface area (Å²) >= 11 is 0. The zero-order chi connectivity index (χ0) is 13.9. The van der Waals surface area contributed by atoms with Crippen molar-refractivity contribution in [3.63, 3.8) is 0 Å². The van der Waals surface area contributed by atoms with Gasteiger partial charge in [0.25, 0.3) is 5.56 Å². The van der Waals surface area contributed by atoms with E-state index >= 15 is 0 Å². The maximum Gasteiger partial charge on any atom is 0.327 e. The van der Waals surface area contributed by atoms with Crippen LogP contribution < -0.4 is 5.56 Å².